The van der Waals surface area contributed by atoms with E-state index in [-0.39, 0.29) is 5.91 Å². The van der Waals surface area contributed by atoms with Crippen molar-refractivity contribution in [3.63, 3.8) is 0 Å². The van der Waals surface area contributed by atoms with Gasteiger partial charge in [0, 0.05) is 13.1 Å². The third kappa shape index (κ3) is 2.55. The average Bonchev–Trinajstić information content (AvgIpc) is 2.47. The molecule has 0 aromatic carbocycles. The Hall–Kier alpha value is -1.65. The molecule has 2 heterocycles. The van der Waals surface area contributed by atoms with Gasteiger partial charge in [-0.1, -0.05) is 19.3 Å². The zero-order valence-electron chi connectivity index (χ0n) is 11.1. The van der Waals surface area contributed by atoms with Gasteiger partial charge in [-0.15, -0.1) is 10.2 Å². The molecule has 1 amide bonds. The van der Waals surface area contributed by atoms with E-state index < -0.39 is 0 Å². The number of nitrogens with zero attached hydrogens (tertiary/aromatic N) is 3. The van der Waals surface area contributed by atoms with E-state index in [9.17, 15) is 4.79 Å². The Bertz CT molecular complexity index is 459. The quantitative estimate of drug-likeness (QED) is 0.834. The highest BCUT2D eigenvalue weighted by atomic mass is 16.2. The summed E-state index contributed by atoms with van der Waals surface area (Å²) in [5.74, 6) is 1.86. The average molecular weight is 260 g/mol. The van der Waals surface area contributed by atoms with E-state index in [2.05, 4.69) is 10.2 Å². The molecule has 2 fully saturated rings. The molecule has 1 aromatic rings. The minimum Gasteiger partial charge on any atom is -0.382 e. The Balaban J connectivity index is 1.69. The van der Waals surface area contributed by atoms with Crippen LogP contribution in [0.15, 0.2) is 12.1 Å². The van der Waals surface area contributed by atoms with Crippen molar-refractivity contribution in [2.45, 2.75) is 32.1 Å². The van der Waals surface area contributed by atoms with Gasteiger partial charge in [-0.3, -0.25) is 4.79 Å². The van der Waals surface area contributed by atoms with E-state index in [1.54, 1.807) is 12.1 Å². The second-order valence-corrected chi connectivity index (χ2v) is 5.69. The van der Waals surface area contributed by atoms with E-state index in [1.165, 1.54) is 25.7 Å². The molecule has 0 bridgehead atoms. The Kier molecular flexibility index (Phi) is 3.36. The summed E-state index contributed by atoms with van der Waals surface area (Å²) >= 11 is 0. The van der Waals surface area contributed by atoms with Crippen molar-refractivity contribution in [1.82, 2.24) is 15.1 Å². The summed E-state index contributed by atoms with van der Waals surface area (Å²) in [6.07, 6.45) is 6.42. The second kappa shape index (κ2) is 5.15. The number of amides is 1. The van der Waals surface area contributed by atoms with Gasteiger partial charge in [0.2, 0.25) is 0 Å². The third-order valence-corrected chi connectivity index (χ3v) is 4.48. The number of nitrogen functional groups attached to an aromatic ring is 1. The highest BCUT2D eigenvalue weighted by molar-refractivity contribution is 5.92. The Morgan fingerprint density at radius 1 is 1.16 bits per heavy atom. The van der Waals surface area contributed by atoms with Crippen molar-refractivity contribution in [3.8, 4) is 0 Å². The van der Waals surface area contributed by atoms with Gasteiger partial charge in [0.25, 0.3) is 5.91 Å². The van der Waals surface area contributed by atoms with Gasteiger partial charge in [0.1, 0.15) is 5.82 Å². The van der Waals surface area contributed by atoms with Gasteiger partial charge in [-0.25, -0.2) is 0 Å². The number of rotatable bonds is 1. The largest absolute Gasteiger partial charge is 0.382 e. The van der Waals surface area contributed by atoms with Crippen LogP contribution in [0, 0.1) is 11.8 Å². The van der Waals surface area contributed by atoms with Crippen molar-refractivity contribution in [3.05, 3.63) is 17.8 Å². The molecule has 2 N–H and O–H groups in total. The van der Waals surface area contributed by atoms with Crippen LogP contribution in [0.1, 0.15) is 42.6 Å². The minimum absolute atomic E-state index is 0.00322. The van der Waals surface area contributed by atoms with Gasteiger partial charge in [0.05, 0.1) is 0 Å². The number of nitrogens with two attached hydrogens (primary N) is 1. The molecule has 1 saturated heterocycles. The van der Waals surface area contributed by atoms with E-state index >= 15 is 0 Å². The molecule has 0 radical (unpaired) electrons. The van der Waals surface area contributed by atoms with Gasteiger partial charge >= 0.3 is 0 Å². The summed E-state index contributed by atoms with van der Waals surface area (Å²) in [6.45, 7) is 1.74. The zero-order valence-corrected chi connectivity index (χ0v) is 11.1. The van der Waals surface area contributed by atoms with Crippen LogP contribution in [0.25, 0.3) is 0 Å². The molecule has 2 atom stereocenters. The fraction of sp³-hybridized carbons (Fsp3) is 0.643. The standard InChI is InChI=1S/C14H20N4O/c15-13-6-5-12(16-17-13)14(19)18-8-7-10-3-1-2-4-11(10)9-18/h5-6,10-11H,1-4,7-9H2,(H2,15,17). The minimum atomic E-state index is -0.00322. The molecular formula is C14H20N4O. The molecular weight excluding hydrogens is 240 g/mol. The SMILES string of the molecule is Nc1ccc(C(=O)N2CCC3CCCCC3C2)nn1. The lowest BCUT2D eigenvalue weighted by Crippen LogP contribution is -2.45. The first-order chi connectivity index (χ1) is 9.24. The number of aromatic nitrogens is 2. The number of likely N-dealkylation sites (tertiary alicyclic amines) is 1. The number of anilines is 1. The summed E-state index contributed by atoms with van der Waals surface area (Å²) < 4.78 is 0. The number of piperidine rings is 1. The molecule has 2 aliphatic rings. The topological polar surface area (TPSA) is 72.1 Å². The smallest absolute Gasteiger partial charge is 0.274 e. The van der Waals surface area contributed by atoms with E-state index in [1.807, 2.05) is 4.90 Å². The van der Waals surface area contributed by atoms with Crippen LogP contribution in [0.3, 0.4) is 0 Å². The molecule has 1 saturated carbocycles. The third-order valence-electron chi connectivity index (χ3n) is 4.48. The van der Waals surface area contributed by atoms with Crippen LogP contribution < -0.4 is 5.73 Å². The molecule has 1 aliphatic carbocycles. The summed E-state index contributed by atoms with van der Waals surface area (Å²) in [4.78, 5) is 14.3. The number of fused-ring (bicyclic) bond motifs is 1. The van der Waals surface area contributed by atoms with Crippen LogP contribution >= 0.6 is 0 Å². The lowest BCUT2D eigenvalue weighted by Gasteiger charge is -2.41. The fourth-order valence-electron chi connectivity index (χ4n) is 3.40. The Morgan fingerprint density at radius 3 is 2.68 bits per heavy atom. The number of carbonyl (C=O) groups excluding carboxylic acids is 1. The van der Waals surface area contributed by atoms with E-state index in [4.69, 9.17) is 5.73 Å². The van der Waals surface area contributed by atoms with Crippen molar-refractivity contribution in [1.29, 1.82) is 0 Å². The lowest BCUT2D eigenvalue weighted by molar-refractivity contribution is 0.0514. The first-order valence-electron chi connectivity index (χ1n) is 7.12. The van der Waals surface area contributed by atoms with Crippen molar-refractivity contribution < 1.29 is 4.79 Å². The van der Waals surface area contributed by atoms with Crippen LogP contribution in [-0.4, -0.2) is 34.1 Å². The maximum atomic E-state index is 12.4. The van der Waals surface area contributed by atoms with Crippen molar-refractivity contribution in [2.24, 2.45) is 11.8 Å². The molecule has 3 rings (SSSR count). The van der Waals surface area contributed by atoms with Crippen LogP contribution in [0.2, 0.25) is 0 Å². The molecule has 5 nitrogen and oxygen atoms in total. The zero-order chi connectivity index (χ0) is 13.2. The van der Waals surface area contributed by atoms with Gasteiger partial charge in [0.15, 0.2) is 5.69 Å². The van der Waals surface area contributed by atoms with Gasteiger partial charge < -0.3 is 10.6 Å². The predicted molar refractivity (Wildman–Crippen MR) is 72.4 cm³/mol. The molecule has 5 heteroatoms. The van der Waals surface area contributed by atoms with Crippen molar-refractivity contribution in [2.75, 3.05) is 18.8 Å². The van der Waals surface area contributed by atoms with Crippen LogP contribution in [0.5, 0.6) is 0 Å². The van der Waals surface area contributed by atoms with Gasteiger partial charge in [-0.2, -0.15) is 0 Å². The highest BCUT2D eigenvalue weighted by Gasteiger charge is 2.33. The summed E-state index contributed by atoms with van der Waals surface area (Å²) in [7, 11) is 0. The molecule has 2 unspecified atom stereocenters. The molecule has 1 aliphatic heterocycles. The molecule has 0 spiro atoms. The van der Waals surface area contributed by atoms with E-state index in [0.29, 0.717) is 17.4 Å². The maximum absolute atomic E-state index is 12.4. The molecule has 102 valence electrons. The van der Waals surface area contributed by atoms with Crippen LogP contribution in [0.4, 0.5) is 5.82 Å². The highest BCUT2D eigenvalue weighted by Crippen LogP contribution is 2.36. The molecule has 19 heavy (non-hydrogen) atoms. The molecule has 1 aromatic heterocycles. The number of hydrogen-bond donors (Lipinski definition) is 1. The summed E-state index contributed by atoms with van der Waals surface area (Å²) in [6, 6.07) is 3.30. The number of hydrogen-bond acceptors (Lipinski definition) is 4. The number of carbonyl (C=O) groups is 1. The Labute approximate surface area is 113 Å². The fourth-order valence-corrected chi connectivity index (χ4v) is 3.40. The first-order valence-corrected chi connectivity index (χ1v) is 7.12. The first kappa shape index (κ1) is 12.4. The van der Waals surface area contributed by atoms with Crippen molar-refractivity contribution >= 4 is 11.7 Å². The normalized spacial score (nSPS) is 26.8. The summed E-state index contributed by atoms with van der Waals surface area (Å²) in [5.41, 5.74) is 5.90. The summed E-state index contributed by atoms with van der Waals surface area (Å²) in [5, 5.41) is 7.65. The predicted octanol–water partition coefficient (Wildman–Crippen LogP) is 1.71. The Morgan fingerprint density at radius 2 is 1.95 bits per heavy atom. The second-order valence-electron chi connectivity index (χ2n) is 5.69. The van der Waals surface area contributed by atoms with E-state index in [0.717, 1.165) is 25.4 Å². The van der Waals surface area contributed by atoms with Crippen LogP contribution in [-0.2, 0) is 0 Å². The maximum Gasteiger partial charge on any atom is 0.274 e. The lowest BCUT2D eigenvalue weighted by atomic mass is 9.75. The monoisotopic (exact) mass is 260 g/mol. The van der Waals surface area contributed by atoms with Gasteiger partial charge in [-0.05, 0) is 36.8 Å².